The Morgan fingerprint density at radius 1 is 0.563 bits per heavy atom. The lowest BCUT2D eigenvalue weighted by atomic mass is 9.63. The molecule has 1 atom stereocenters. The number of anilines is 2. The van der Waals surface area contributed by atoms with E-state index in [2.05, 4.69) is 138 Å². The fourth-order valence-corrected chi connectivity index (χ4v) is 16.0. The number of hydrogen-bond donors (Lipinski definition) is 3. The molecule has 3 fully saturated rings. The molecule has 3 saturated carbocycles. The van der Waals surface area contributed by atoms with Gasteiger partial charge in [0.1, 0.15) is 0 Å². The Morgan fingerprint density at radius 3 is 1.42 bits per heavy atom. The normalized spacial score (nSPS) is 21.7. The maximum Gasteiger partial charge on any atom is 0.231 e. The van der Waals surface area contributed by atoms with E-state index in [0.29, 0.717) is 40.9 Å². The summed E-state index contributed by atoms with van der Waals surface area (Å²) in [6.45, 7) is 45.5. The first kappa shape index (κ1) is 62.4. The summed E-state index contributed by atoms with van der Waals surface area (Å²) in [6, 6.07) is 1.93. The molecule has 3 aliphatic rings. The van der Waals surface area contributed by atoms with Crippen LogP contribution in [-0.2, 0) is 0 Å². The molecule has 1 aromatic heterocycles. The molecule has 0 bridgehead atoms. The third kappa shape index (κ3) is 24.2. The van der Waals surface area contributed by atoms with E-state index in [4.69, 9.17) is 20.7 Å². The maximum absolute atomic E-state index is 6.51. The van der Waals surface area contributed by atoms with E-state index in [-0.39, 0.29) is 27.2 Å². The van der Waals surface area contributed by atoms with E-state index in [1.165, 1.54) is 148 Å². The Balaban J connectivity index is 1.60. The number of nitrogens with zero attached hydrogens (tertiary/aromatic N) is 5. The molecule has 9 heteroatoms. The summed E-state index contributed by atoms with van der Waals surface area (Å²) in [5.41, 5.74) is 8.25. The van der Waals surface area contributed by atoms with Crippen molar-refractivity contribution >= 4 is 23.7 Å². The molecular weight excluding hydrogens is 889 g/mol. The zero-order chi connectivity index (χ0) is 52.7. The smallest absolute Gasteiger partial charge is 0.231 e. The van der Waals surface area contributed by atoms with Gasteiger partial charge in [-0.2, -0.15) is 15.0 Å². The average molecular weight is 1010 g/mol. The topological polar surface area (TPSA) is 95.2 Å². The average Bonchev–Trinajstić information content (AvgIpc) is 3.18. The van der Waals surface area contributed by atoms with Gasteiger partial charge in [0.25, 0.3) is 0 Å². The van der Waals surface area contributed by atoms with Gasteiger partial charge in [-0.25, -0.2) is 0 Å². The maximum atomic E-state index is 6.51. The highest BCUT2D eigenvalue weighted by Crippen LogP contribution is 2.50. The Bertz CT molecular complexity index is 1530. The summed E-state index contributed by atoms with van der Waals surface area (Å²) in [6.07, 6.45) is 30.9. The van der Waals surface area contributed by atoms with Gasteiger partial charge in [-0.1, -0.05) is 173 Å². The summed E-state index contributed by atoms with van der Waals surface area (Å²) in [4.78, 5) is 22.2. The van der Waals surface area contributed by atoms with Gasteiger partial charge in [-0.3, -0.25) is 0 Å². The van der Waals surface area contributed by atoms with Crippen molar-refractivity contribution in [2.45, 2.75) is 313 Å². The molecule has 71 heavy (non-hydrogen) atoms. The summed E-state index contributed by atoms with van der Waals surface area (Å²) in [5.74, 6) is 3.63. The molecule has 414 valence electrons. The van der Waals surface area contributed by atoms with Crippen molar-refractivity contribution in [3.63, 3.8) is 0 Å². The number of aromatic nitrogens is 3. The highest BCUT2D eigenvalue weighted by Gasteiger charge is 2.44. The second kappa shape index (κ2) is 27.8. The van der Waals surface area contributed by atoms with Crippen LogP contribution in [0.15, 0.2) is 5.16 Å². The molecule has 0 aromatic carbocycles. The molecule has 0 aliphatic heterocycles. The molecule has 0 radical (unpaired) electrons. The Morgan fingerprint density at radius 2 is 0.972 bits per heavy atom. The quantitative estimate of drug-likeness (QED) is 0.0482. The highest BCUT2D eigenvalue weighted by molar-refractivity contribution is 7.99. The molecule has 1 unspecified atom stereocenters. The Labute approximate surface area is 446 Å². The monoisotopic (exact) mass is 1010 g/mol. The van der Waals surface area contributed by atoms with E-state index < -0.39 is 0 Å². The first-order chi connectivity index (χ1) is 33.0. The molecule has 4 rings (SSSR count). The first-order valence-corrected chi connectivity index (χ1v) is 31.1. The van der Waals surface area contributed by atoms with Crippen LogP contribution in [0.4, 0.5) is 11.9 Å². The van der Waals surface area contributed by atoms with E-state index >= 15 is 0 Å². The van der Waals surface area contributed by atoms with Crippen molar-refractivity contribution in [1.29, 1.82) is 0 Å². The van der Waals surface area contributed by atoms with Gasteiger partial charge in [-0.15, -0.1) is 0 Å². The molecule has 1 aromatic rings. The summed E-state index contributed by atoms with van der Waals surface area (Å²) >= 11 is 1.90. The van der Waals surface area contributed by atoms with Crippen molar-refractivity contribution in [2.75, 3.05) is 41.7 Å². The molecule has 0 saturated heterocycles. The van der Waals surface area contributed by atoms with E-state index in [9.17, 15) is 0 Å². The Hall–Kier alpha value is -1.16. The highest BCUT2D eigenvalue weighted by atomic mass is 32.2. The van der Waals surface area contributed by atoms with Crippen LogP contribution >= 0.6 is 11.8 Å². The largest absolute Gasteiger partial charge is 0.338 e. The lowest BCUT2D eigenvalue weighted by Gasteiger charge is -2.49. The minimum absolute atomic E-state index is 0.151. The van der Waals surface area contributed by atoms with Crippen LogP contribution in [0.2, 0.25) is 0 Å². The molecule has 3 aliphatic carbocycles. The number of nitrogens with two attached hydrogens (primary N) is 1. The van der Waals surface area contributed by atoms with Gasteiger partial charge in [0.05, 0.1) is 0 Å². The van der Waals surface area contributed by atoms with Crippen LogP contribution in [0.5, 0.6) is 0 Å². The van der Waals surface area contributed by atoms with Gasteiger partial charge in [-0.05, 0) is 168 Å². The number of thioether (sulfide) groups is 1. The standard InChI is InChI=1S/C62H120N8S/c1-18-19-20-21-26-31-36-71-55-67-53(69(51-41-58(8,9)46-59(10,11)42-51)34-29-24-22-27-32-64-49(37-48(2)3)40-62(16,17)63)66-54(68-55)70(52-43-60(12,13)47-61(14,15)44-52)35-30-25-23-28-33-65-50-38-56(4,5)45-57(6,7)39-50/h48-52,64-65H,18-47,63H2,1-17H3. The predicted octanol–water partition coefficient (Wildman–Crippen LogP) is 16.6. The molecule has 0 amide bonds. The second-order valence-electron chi connectivity index (χ2n) is 30.2. The second-order valence-corrected chi connectivity index (χ2v) is 31.3. The third-order valence-electron chi connectivity index (χ3n) is 16.4. The van der Waals surface area contributed by atoms with Gasteiger partial charge in [0.15, 0.2) is 5.16 Å². The lowest BCUT2D eigenvalue weighted by molar-refractivity contribution is 0.0850. The minimum Gasteiger partial charge on any atom is -0.338 e. The minimum atomic E-state index is -0.151. The first-order valence-electron chi connectivity index (χ1n) is 30.1. The van der Waals surface area contributed by atoms with Crippen LogP contribution in [0.1, 0.15) is 278 Å². The number of rotatable bonds is 32. The molecule has 8 nitrogen and oxygen atoms in total. The molecule has 0 spiro atoms. The van der Waals surface area contributed by atoms with Gasteiger partial charge < -0.3 is 26.2 Å². The lowest BCUT2D eigenvalue weighted by Crippen LogP contribution is -2.49. The zero-order valence-electron chi connectivity index (χ0n) is 50.3. The molecule has 4 N–H and O–H groups in total. The Kier molecular flexibility index (Phi) is 24.4. The van der Waals surface area contributed by atoms with E-state index in [0.717, 1.165) is 61.8 Å². The van der Waals surface area contributed by atoms with E-state index in [1.54, 1.807) is 0 Å². The van der Waals surface area contributed by atoms with Crippen molar-refractivity contribution in [3.8, 4) is 0 Å². The number of hydrogen-bond acceptors (Lipinski definition) is 9. The third-order valence-corrected chi connectivity index (χ3v) is 17.3. The number of nitrogens with one attached hydrogen (secondary N) is 2. The fourth-order valence-electron chi connectivity index (χ4n) is 15.2. The van der Waals surface area contributed by atoms with Crippen molar-refractivity contribution in [2.24, 2.45) is 44.1 Å². The van der Waals surface area contributed by atoms with Crippen LogP contribution in [-0.4, -0.2) is 76.6 Å². The SMILES string of the molecule is CCCCCCCCSc1nc(N(CCCCCCNC(CC(C)C)CC(C)(C)N)C2CC(C)(C)CC(C)(C)C2)nc(N(CCCCCCNC2CC(C)(C)CC(C)(C)C2)C2CC(C)(C)CC(C)(C)C2)n1. The van der Waals surface area contributed by atoms with Gasteiger partial charge in [0.2, 0.25) is 11.9 Å². The van der Waals surface area contributed by atoms with Crippen LogP contribution < -0.4 is 26.2 Å². The van der Waals surface area contributed by atoms with Crippen molar-refractivity contribution in [1.82, 2.24) is 25.6 Å². The van der Waals surface area contributed by atoms with Crippen LogP contribution in [0.25, 0.3) is 0 Å². The van der Waals surface area contributed by atoms with Gasteiger partial charge in [0, 0.05) is 48.5 Å². The summed E-state index contributed by atoms with van der Waals surface area (Å²) < 4.78 is 0. The zero-order valence-corrected chi connectivity index (χ0v) is 51.1. The predicted molar refractivity (Wildman–Crippen MR) is 313 cm³/mol. The summed E-state index contributed by atoms with van der Waals surface area (Å²) in [5, 5.41) is 8.87. The van der Waals surface area contributed by atoms with Crippen LogP contribution in [0.3, 0.4) is 0 Å². The van der Waals surface area contributed by atoms with E-state index in [1.807, 2.05) is 11.8 Å². The van der Waals surface area contributed by atoms with Crippen molar-refractivity contribution in [3.05, 3.63) is 0 Å². The van der Waals surface area contributed by atoms with Gasteiger partial charge >= 0.3 is 0 Å². The van der Waals surface area contributed by atoms with Crippen LogP contribution in [0, 0.1) is 38.4 Å². The molecule has 1 heterocycles. The number of unbranched alkanes of at least 4 members (excludes halogenated alkanes) is 11. The molecular formula is C62H120N8S. The summed E-state index contributed by atoms with van der Waals surface area (Å²) in [7, 11) is 0. The van der Waals surface area contributed by atoms with Crippen molar-refractivity contribution < 1.29 is 0 Å². The fraction of sp³-hybridized carbons (Fsp3) is 0.952.